The molecule has 0 spiro atoms. The van der Waals surface area contributed by atoms with Gasteiger partial charge in [-0.1, -0.05) is 0 Å². The fourth-order valence-corrected chi connectivity index (χ4v) is 3.04. The van der Waals surface area contributed by atoms with Crippen LogP contribution in [0.15, 0.2) is 23.0 Å². The summed E-state index contributed by atoms with van der Waals surface area (Å²) in [4.78, 5) is 14.0. The maximum absolute atomic E-state index is 12.1. The van der Waals surface area contributed by atoms with Crippen LogP contribution in [0.5, 0.6) is 0 Å². The van der Waals surface area contributed by atoms with E-state index < -0.39 is 0 Å². The Labute approximate surface area is 107 Å². The SMILES string of the molecule is Cl.NC1CCC2CN(C(=O)c3ccoc3)CC12. The molecule has 3 rings (SSSR count). The van der Waals surface area contributed by atoms with Crippen LogP contribution in [0.4, 0.5) is 0 Å². The average Bonchev–Trinajstić information content (AvgIpc) is 2.96. The van der Waals surface area contributed by atoms with Gasteiger partial charge >= 0.3 is 0 Å². The third kappa shape index (κ3) is 2.07. The van der Waals surface area contributed by atoms with Gasteiger partial charge in [-0.05, 0) is 30.7 Å². The molecule has 1 aromatic rings. The zero-order chi connectivity index (χ0) is 11.1. The van der Waals surface area contributed by atoms with Crippen molar-refractivity contribution in [2.45, 2.75) is 18.9 Å². The second-order valence-electron chi connectivity index (χ2n) is 4.89. The van der Waals surface area contributed by atoms with Gasteiger partial charge in [-0.3, -0.25) is 4.79 Å². The van der Waals surface area contributed by atoms with E-state index in [4.69, 9.17) is 10.2 Å². The van der Waals surface area contributed by atoms with E-state index in [-0.39, 0.29) is 24.4 Å². The third-order valence-electron chi connectivity index (χ3n) is 3.97. The van der Waals surface area contributed by atoms with Crippen molar-refractivity contribution in [2.75, 3.05) is 13.1 Å². The molecule has 1 aliphatic carbocycles. The minimum absolute atomic E-state index is 0. The van der Waals surface area contributed by atoms with Crippen molar-refractivity contribution in [1.82, 2.24) is 4.90 Å². The summed E-state index contributed by atoms with van der Waals surface area (Å²) in [5, 5.41) is 0. The first-order valence-electron chi connectivity index (χ1n) is 5.83. The van der Waals surface area contributed by atoms with Gasteiger partial charge in [-0.25, -0.2) is 0 Å². The first-order chi connectivity index (χ1) is 7.75. The maximum Gasteiger partial charge on any atom is 0.257 e. The van der Waals surface area contributed by atoms with Crippen molar-refractivity contribution in [3.05, 3.63) is 24.2 Å². The Morgan fingerprint density at radius 1 is 1.41 bits per heavy atom. The van der Waals surface area contributed by atoms with Crippen LogP contribution in [0.1, 0.15) is 23.2 Å². The number of amides is 1. The van der Waals surface area contributed by atoms with Crippen LogP contribution in [-0.4, -0.2) is 29.9 Å². The van der Waals surface area contributed by atoms with Gasteiger partial charge in [0.15, 0.2) is 0 Å². The van der Waals surface area contributed by atoms with Crippen molar-refractivity contribution in [2.24, 2.45) is 17.6 Å². The largest absolute Gasteiger partial charge is 0.472 e. The van der Waals surface area contributed by atoms with Gasteiger partial charge in [0.2, 0.25) is 0 Å². The highest BCUT2D eigenvalue weighted by molar-refractivity contribution is 5.94. The summed E-state index contributed by atoms with van der Waals surface area (Å²) in [6, 6.07) is 2.00. The maximum atomic E-state index is 12.1. The number of likely N-dealkylation sites (tertiary alicyclic amines) is 1. The van der Waals surface area contributed by atoms with E-state index in [1.54, 1.807) is 6.07 Å². The van der Waals surface area contributed by atoms with E-state index >= 15 is 0 Å². The van der Waals surface area contributed by atoms with E-state index in [0.717, 1.165) is 19.5 Å². The Kier molecular flexibility index (Phi) is 3.45. The molecule has 1 aliphatic heterocycles. The number of fused-ring (bicyclic) bond motifs is 1. The van der Waals surface area contributed by atoms with E-state index in [2.05, 4.69) is 0 Å². The molecule has 2 fully saturated rings. The zero-order valence-electron chi connectivity index (χ0n) is 9.54. The topological polar surface area (TPSA) is 59.5 Å². The van der Waals surface area contributed by atoms with Gasteiger partial charge in [-0.15, -0.1) is 12.4 Å². The number of nitrogens with zero attached hydrogens (tertiary/aromatic N) is 1. The lowest BCUT2D eigenvalue weighted by Gasteiger charge is -2.17. The summed E-state index contributed by atoms with van der Waals surface area (Å²) >= 11 is 0. The minimum Gasteiger partial charge on any atom is -0.472 e. The van der Waals surface area contributed by atoms with Crippen LogP contribution in [0.25, 0.3) is 0 Å². The number of carbonyl (C=O) groups excluding carboxylic acids is 1. The molecule has 1 aromatic heterocycles. The summed E-state index contributed by atoms with van der Waals surface area (Å²) in [6.45, 7) is 1.68. The number of rotatable bonds is 1. The highest BCUT2D eigenvalue weighted by Gasteiger charge is 2.42. The Bertz CT molecular complexity index is 393. The molecular formula is C12H17ClN2O2. The molecule has 94 valence electrons. The van der Waals surface area contributed by atoms with Crippen LogP contribution in [0.2, 0.25) is 0 Å². The Morgan fingerprint density at radius 2 is 2.24 bits per heavy atom. The Balaban J connectivity index is 0.00000108. The normalized spacial score (nSPS) is 31.1. The Hall–Kier alpha value is -1.00. The number of carbonyl (C=O) groups is 1. The predicted octanol–water partition coefficient (Wildman–Crippen LogP) is 1.51. The molecule has 4 nitrogen and oxygen atoms in total. The molecule has 0 radical (unpaired) electrons. The van der Waals surface area contributed by atoms with Gasteiger partial charge in [0.1, 0.15) is 6.26 Å². The lowest BCUT2D eigenvalue weighted by atomic mass is 9.98. The molecule has 0 bridgehead atoms. The standard InChI is InChI=1S/C12H16N2O2.ClH/c13-11-2-1-8-5-14(6-10(8)11)12(15)9-3-4-16-7-9;/h3-4,7-8,10-11H,1-2,5-6,13H2;1H. The minimum atomic E-state index is 0. The van der Waals surface area contributed by atoms with E-state index in [1.807, 2.05) is 4.90 Å². The molecule has 1 saturated carbocycles. The first kappa shape index (κ1) is 12.5. The highest BCUT2D eigenvalue weighted by Crippen LogP contribution is 2.37. The van der Waals surface area contributed by atoms with Gasteiger partial charge < -0.3 is 15.1 Å². The number of hydrogen-bond acceptors (Lipinski definition) is 3. The summed E-state index contributed by atoms with van der Waals surface area (Å²) < 4.78 is 4.94. The van der Waals surface area contributed by atoms with Crippen LogP contribution in [0.3, 0.4) is 0 Å². The monoisotopic (exact) mass is 256 g/mol. The van der Waals surface area contributed by atoms with Crippen molar-refractivity contribution >= 4 is 18.3 Å². The summed E-state index contributed by atoms with van der Waals surface area (Å²) in [5.74, 6) is 1.21. The molecule has 2 aliphatic rings. The Morgan fingerprint density at radius 3 is 2.88 bits per heavy atom. The molecule has 17 heavy (non-hydrogen) atoms. The summed E-state index contributed by atoms with van der Waals surface area (Å²) in [7, 11) is 0. The van der Waals surface area contributed by atoms with Gasteiger partial charge in [0, 0.05) is 19.1 Å². The van der Waals surface area contributed by atoms with Crippen LogP contribution < -0.4 is 5.73 Å². The van der Waals surface area contributed by atoms with Crippen LogP contribution in [0, 0.1) is 11.8 Å². The molecule has 1 amide bonds. The van der Waals surface area contributed by atoms with Crippen molar-refractivity contribution in [1.29, 1.82) is 0 Å². The second-order valence-corrected chi connectivity index (χ2v) is 4.89. The quantitative estimate of drug-likeness (QED) is 0.829. The fraction of sp³-hybridized carbons (Fsp3) is 0.583. The van der Waals surface area contributed by atoms with Gasteiger partial charge in [-0.2, -0.15) is 0 Å². The first-order valence-corrected chi connectivity index (χ1v) is 5.83. The highest BCUT2D eigenvalue weighted by atomic mass is 35.5. The molecule has 3 unspecified atom stereocenters. The summed E-state index contributed by atoms with van der Waals surface area (Å²) in [6.07, 6.45) is 5.33. The summed E-state index contributed by atoms with van der Waals surface area (Å²) in [5.41, 5.74) is 6.69. The molecule has 2 heterocycles. The van der Waals surface area contributed by atoms with Gasteiger partial charge in [0.05, 0.1) is 11.8 Å². The van der Waals surface area contributed by atoms with Crippen LogP contribution >= 0.6 is 12.4 Å². The van der Waals surface area contributed by atoms with Crippen molar-refractivity contribution < 1.29 is 9.21 Å². The van der Waals surface area contributed by atoms with Crippen molar-refractivity contribution in [3.8, 4) is 0 Å². The smallest absolute Gasteiger partial charge is 0.257 e. The number of halogens is 1. The predicted molar refractivity (Wildman–Crippen MR) is 66.0 cm³/mol. The fourth-order valence-electron chi connectivity index (χ4n) is 3.04. The number of nitrogens with two attached hydrogens (primary N) is 1. The molecule has 2 N–H and O–H groups in total. The molecule has 0 aromatic carbocycles. The van der Waals surface area contributed by atoms with Crippen molar-refractivity contribution in [3.63, 3.8) is 0 Å². The lowest BCUT2D eigenvalue weighted by Crippen LogP contribution is -2.33. The molecule has 3 atom stereocenters. The average molecular weight is 257 g/mol. The second kappa shape index (κ2) is 4.70. The van der Waals surface area contributed by atoms with E-state index in [9.17, 15) is 4.79 Å². The molecular weight excluding hydrogens is 240 g/mol. The third-order valence-corrected chi connectivity index (χ3v) is 3.97. The molecule has 1 saturated heterocycles. The lowest BCUT2D eigenvalue weighted by molar-refractivity contribution is 0.0779. The number of furan rings is 1. The van der Waals surface area contributed by atoms with Crippen LogP contribution in [-0.2, 0) is 0 Å². The van der Waals surface area contributed by atoms with Gasteiger partial charge in [0.25, 0.3) is 5.91 Å². The molecule has 5 heteroatoms. The number of hydrogen-bond donors (Lipinski definition) is 1. The van der Waals surface area contributed by atoms with E-state index in [1.165, 1.54) is 18.9 Å². The zero-order valence-corrected chi connectivity index (χ0v) is 10.4. The van der Waals surface area contributed by atoms with E-state index in [0.29, 0.717) is 17.4 Å².